The molecule has 0 aliphatic carbocycles. The molecule has 0 aromatic carbocycles. The maximum atomic E-state index is 10.9. The molecule has 1 aliphatic rings. The van der Waals surface area contributed by atoms with E-state index in [0.29, 0.717) is 12.5 Å². The second-order valence-corrected chi connectivity index (χ2v) is 5.69. The molecule has 0 amide bonds. The minimum Gasteiger partial charge on any atom is -0.480 e. The Morgan fingerprint density at radius 1 is 1.29 bits per heavy atom. The van der Waals surface area contributed by atoms with Gasteiger partial charge in [-0.15, -0.1) is 0 Å². The van der Waals surface area contributed by atoms with Crippen LogP contribution < -0.4 is 5.73 Å². The van der Waals surface area contributed by atoms with Crippen molar-refractivity contribution < 1.29 is 9.90 Å². The average Bonchev–Trinajstić information content (AvgIpc) is 2.19. The molecule has 3 N–H and O–H groups in total. The molecule has 1 fully saturated rings. The third-order valence-electron chi connectivity index (χ3n) is 3.13. The van der Waals surface area contributed by atoms with Crippen LogP contribution in [-0.4, -0.2) is 65.7 Å². The maximum absolute atomic E-state index is 10.9. The molecule has 1 unspecified atom stereocenters. The van der Waals surface area contributed by atoms with E-state index in [2.05, 4.69) is 23.6 Å². The quantitative estimate of drug-likeness (QED) is 0.714. The number of carboxylic acids is 1. The molecule has 1 heterocycles. The first kappa shape index (κ1) is 14.4. The van der Waals surface area contributed by atoms with Crippen molar-refractivity contribution in [3.8, 4) is 0 Å². The SMILES string of the molecule is CC(C)CN1CCN(CC(C)(N)C(=O)O)CC1. The van der Waals surface area contributed by atoms with Gasteiger partial charge in [0.15, 0.2) is 0 Å². The lowest BCUT2D eigenvalue weighted by Crippen LogP contribution is -2.57. The van der Waals surface area contributed by atoms with Crippen molar-refractivity contribution >= 4 is 5.97 Å². The van der Waals surface area contributed by atoms with Gasteiger partial charge in [0.1, 0.15) is 5.54 Å². The van der Waals surface area contributed by atoms with Gasteiger partial charge in [0, 0.05) is 39.3 Å². The van der Waals surface area contributed by atoms with E-state index in [0.717, 1.165) is 32.7 Å². The molecule has 0 aromatic rings. The van der Waals surface area contributed by atoms with Gasteiger partial charge in [-0.25, -0.2) is 0 Å². The summed E-state index contributed by atoms with van der Waals surface area (Å²) in [6.45, 7) is 11.4. The number of carboxylic acid groups (broad SMARTS) is 1. The molecule has 17 heavy (non-hydrogen) atoms. The first-order valence-electron chi connectivity index (χ1n) is 6.28. The molecule has 5 heteroatoms. The van der Waals surface area contributed by atoms with Crippen LogP contribution in [0.15, 0.2) is 0 Å². The van der Waals surface area contributed by atoms with Crippen LogP contribution in [0.1, 0.15) is 20.8 Å². The molecule has 0 saturated carbocycles. The van der Waals surface area contributed by atoms with Gasteiger partial charge in [0.25, 0.3) is 0 Å². The highest BCUT2D eigenvalue weighted by Gasteiger charge is 2.31. The fourth-order valence-electron chi connectivity index (χ4n) is 2.18. The lowest BCUT2D eigenvalue weighted by molar-refractivity contribution is -0.143. The number of nitrogens with two attached hydrogens (primary N) is 1. The summed E-state index contributed by atoms with van der Waals surface area (Å²) in [7, 11) is 0. The van der Waals surface area contributed by atoms with Crippen LogP contribution in [0.25, 0.3) is 0 Å². The molecule has 1 saturated heterocycles. The van der Waals surface area contributed by atoms with Crippen molar-refractivity contribution in [1.29, 1.82) is 0 Å². The maximum Gasteiger partial charge on any atom is 0.324 e. The summed E-state index contributed by atoms with van der Waals surface area (Å²) in [6, 6.07) is 0. The minimum absolute atomic E-state index is 0.428. The van der Waals surface area contributed by atoms with Crippen molar-refractivity contribution in [3.63, 3.8) is 0 Å². The first-order chi connectivity index (χ1) is 7.81. The summed E-state index contributed by atoms with van der Waals surface area (Å²) >= 11 is 0. The summed E-state index contributed by atoms with van der Waals surface area (Å²) in [5.41, 5.74) is 4.61. The van der Waals surface area contributed by atoms with Crippen LogP contribution in [0.5, 0.6) is 0 Å². The monoisotopic (exact) mass is 243 g/mol. The van der Waals surface area contributed by atoms with Crippen LogP contribution in [0, 0.1) is 5.92 Å². The van der Waals surface area contributed by atoms with Gasteiger partial charge in [0.05, 0.1) is 0 Å². The van der Waals surface area contributed by atoms with Gasteiger partial charge in [-0.1, -0.05) is 13.8 Å². The second-order valence-electron chi connectivity index (χ2n) is 5.69. The van der Waals surface area contributed by atoms with Crippen LogP contribution in [0.4, 0.5) is 0 Å². The Hall–Kier alpha value is -0.650. The van der Waals surface area contributed by atoms with E-state index < -0.39 is 11.5 Å². The zero-order valence-electron chi connectivity index (χ0n) is 11.1. The van der Waals surface area contributed by atoms with Gasteiger partial charge in [0.2, 0.25) is 0 Å². The van der Waals surface area contributed by atoms with Gasteiger partial charge in [-0.05, 0) is 12.8 Å². The van der Waals surface area contributed by atoms with Gasteiger partial charge >= 0.3 is 5.97 Å². The van der Waals surface area contributed by atoms with Crippen LogP contribution in [-0.2, 0) is 4.79 Å². The highest BCUT2D eigenvalue weighted by molar-refractivity contribution is 5.78. The number of rotatable bonds is 5. The van der Waals surface area contributed by atoms with Crippen molar-refractivity contribution in [2.45, 2.75) is 26.3 Å². The predicted octanol–water partition coefficient (Wildman–Crippen LogP) is 0.0620. The lowest BCUT2D eigenvalue weighted by atomic mass is 10.0. The molecule has 5 nitrogen and oxygen atoms in total. The Morgan fingerprint density at radius 3 is 2.18 bits per heavy atom. The van der Waals surface area contributed by atoms with E-state index >= 15 is 0 Å². The third kappa shape index (κ3) is 4.61. The fourth-order valence-corrected chi connectivity index (χ4v) is 2.18. The molecular weight excluding hydrogens is 218 g/mol. The van der Waals surface area contributed by atoms with Gasteiger partial charge < -0.3 is 15.7 Å². The third-order valence-corrected chi connectivity index (χ3v) is 3.13. The fraction of sp³-hybridized carbons (Fsp3) is 0.917. The largest absolute Gasteiger partial charge is 0.480 e. The minimum atomic E-state index is -1.14. The Bertz CT molecular complexity index is 258. The van der Waals surface area contributed by atoms with Crippen molar-refractivity contribution in [3.05, 3.63) is 0 Å². The van der Waals surface area contributed by atoms with E-state index in [1.54, 1.807) is 6.92 Å². The summed E-state index contributed by atoms with van der Waals surface area (Å²) in [6.07, 6.45) is 0. The van der Waals surface area contributed by atoms with Crippen molar-refractivity contribution in [1.82, 2.24) is 9.80 Å². The first-order valence-corrected chi connectivity index (χ1v) is 6.28. The van der Waals surface area contributed by atoms with Crippen LogP contribution in [0.2, 0.25) is 0 Å². The normalized spacial score (nSPS) is 22.6. The molecule has 0 bridgehead atoms. The molecule has 0 aromatic heterocycles. The number of hydrogen-bond donors (Lipinski definition) is 2. The smallest absolute Gasteiger partial charge is 0.324 e. The van der Waals surface area contributed by atoms with E-state index in [4.69, 9.17) is 10.8 Å². The topological polar surface area (TPSA) is 69.8 Å². The van der Waals surface area contributed by atoms with Gasteiger partial charge in [-0.2, -0.15) is 0 Å². The zero-order valence-corrected chi connectivity index (χ0v) is 11.1. The summed E-state index contributed by atoms with van der Waals surface area (Å²) in [4.78, 5) is 15.5. The second kappa shape index (κ2) is 5.80. The number of carbonyl (C=O) groups is 1. The average molecular weight is 243 g/mol. The highest BCUT2D eigenvalue weighted by Crippen LogP contribution is 2.09. The van der Waals surface area contributed by atoms with Crippen molar-refractivity contribution in [2.75, 3.05) is 39.3 Å². The Kier molecular flexibility index (Phi) is 4.91. The number of piperazine rings is 1. The van der Waals surface area contributed by atoms with E-state index in [1.807, 2.05) is 0 Å². The molecule has 1 rings (SSSR count). The molecule has 1 atom stereocenters. The lowest BCUT2D eigenvalue weighted by Gasteiger charge is -2.38. The summed E-state index contributed by atoms with van der Waals surface area (Å²) in [5.74, 6) is -0.248. The van der Waals surface area contributed by atoms with E-state index in [9.17, 15) is 4.79 Å². The molecule has 1 aliphatic heterocycles. The zero-order chi connectivity index (χ0) is 13.1. The molecule has 100 valence electrons. The Morgan fingerprint density at radius 2 is 1.76 bits per heavy atom. The summed E-state index contributed by atoms with van der Waals surface area (Å²) < 4.78 is 0. The predicted molar refractivity (Wildman–Crippen MR) is 67.9 cm³/mol. The Labute approximate surface area is 104 Å². The van der Waals surface area contributed by atoms with Gasteiger partial charge in [-0.3, -0.25) is 9.69 Å². The summed E-state index contributed by atoms with van der Waals surface area (Å²) in [5, 5.41) is 8.98. The van der Waals surface area contributed by atoms with Crippen molar-refractivity contribution in [2.24, 2.45) is 11.7 Å². The highest BCUT2D eigenvalue weighted by atomic mass is 16.4. The Balaban J connectivity index is 2.35. The molecule has 0 spiro atoms. The number of hydrogen-bond acceptors (Lipinski definition) is 4. The van der Waals surface area contributed by atoms with Crippen LogP contribution in [0.3, 0.4) is 0 Å². The number of aliphatic carboxylic acids is 1. The number of nitrogens with zero attached hydrogens (tertiary/aromatic N) is 2. The standard InChI is InChI=1S/C12H25N3O2/c1-10(2)8-14-4-6-15(7-5-14)9-12(3,13)11(16)17/h10H,4-9,13H2,1-3H3,(H,16,17). The van der Waals surface area contributed by atoms with Crippen LogP contribution >= 0.6 is 0 Å². The van der Waals surface area contributed by atoms with E-state index in [1.165, 1.54) is 0 Å². The molecular formula is C12H25N3O2. The molecule has 0 radical (unpaired) electrons. The van der Waals surface area contributed by atoms with E-state index in [-0.39, 0.29) is 0 Å².